The summed E-state index contributed by atoms with van der Waals surface area (Å²) in [6, 6.07) is 12.1. The van der Waals surface area contributed by atoms with Crippen LogP contribution in [0.15, 0.2) is 41.8 Å². The van der Waals surface area contributed by atoms with Gasteiger partial charge in [-0.15, -0.1) is 11.3 Å². The summed E-state index contributed by atoms with van der Waals surface area (Å²) in [6.45, 7) is 3.63. The molecule has 3 heterocycles. The van der Waals surface area contributed by atoms with Crippen molar-refractivity contribution in [1.29, 1.82) is 0 Å². The van der Waals surface area contributed by atoms with E-state index in [1.54, 1.807) is 18.4 Å². The molecule has 1 amide bonds. The Morgan fingerprint density at radius 3 is 2.72 bits per heavy atom. The molecule has 0 unspecified atom stereocenters. The third-order valence-electron chi connectivity index (χ3n) is 5.24. The van der Waals surface area contributed by atoms with Crippen LogP contribution in [0.1, 0.15) is 19.3 Å². The quantitative estimate of drug-likeness (QED) is 0.565. The highest BCUT2D eigenvalue weighted by atomic mass is 32.1. The summed E-state index contributed by atoms with van der Waals surface area (Å²) in [5, 5.41) is 3.03. The van der Waals surface area contributed by atoms with Crippen LogP contribution < -0.4 is 4.90 Å². The Labute approximate surface area is 175 Å². The van der Waals surface area contributed by atoms with Crippen LogP contribution in [0.25, 0.3) is 21.6 Å². The second kappa shape index (κ2) is 9.33. The minimum absolute atomic E-state index is 0.224. The smallest absolute Gasteiger partial charge is 0.224 e. The van der Waals surface area contributed by atoms with E-state index in [1.807, 2.05) is 46.7 Å². The van der Waals surface area contributed by atoms with Crippen molar-refractivity contribution in [1.82, 2.24) is 14.9 Å². The first kappa shape index (κ1) is 19.8. The number of anilines is 1. The number of amides is 1. The number of para-hydroxylation sites is 1. The van der Waals surface area contributed by atoms with Gasteiger partial charge in [0.1, 0.15) is 5.82 Å². The maximum absolute atomic E-state index is 12.6. The molecule has 1 saturated heterocycles. The Morgan fingerprint density at radius 1 is 1.14 bits per heavy atom. The molecular weight excluding hydrogens is 384 g/mol. The van der Waals surface area contributed by atoms with Gasteiger partial charge in [0.2, 0.25) is 5.91 Å². The zero-order chi connectivity index (χ0) is 20.1. The van der Waals surface area contributed by atoms with Gasteiger partial charge in [-0.25, -0.2) is 9.97 Å². The van der Waals surface area contributed by atoms with Gasteiger partial charge in [0, 0.05) is 45.1 Å². The maximum atomic E-state index is 12.6. The molecule has 0 bridgehead atoms. The van der Waals surface area contributed by atoms with Crippen LogP contribution in [0.4, 0.5) is 5.82 Å². The third kappa shape index (κ3) is 4.57. The van der Waals surface area contributed by atoms with Crippen molar-refractivity contribution in [3.05, 3.63) is 41.8 Å². The molecule has 0 spiro atoms. The lowest BCUT2D eigenvalue weighted by molar-refractivity contribution is -0.129. The number of ether oxygens (including phenoxy) is 1. The Kier molecular flexibility index (Phi) is 6.36. The number of hydrogen-bond acceptors (Lipinski definition) is 6. The molecule has 3 aromatic rings. The fraction of sp³-hybridized carbons (Fsp3) is 0.409. The Bertz CT molecular complexity index is 955. The van der Waals surface area contributed by atoms with Gasteiger partial charge >= 0.3 is 0 Å². The van der Waals surface area contributed by atoms with Gasteiger partial charge in [-0.1, -0.05) is 18.2 Å². The number of rotatable bonds is 8. The first-order valence-corrected chi connectivity index (χ1v) is 11.0. The van der Waals surface area contributed by atoms with Crippen molar-refractivity contribution in [2.24, 2.45) is 0 Å². The normalized spacial score (nSPS) is 13.9. The van der Waals surface area contributed by atoms with E-state index in [9.17, 15) is 4.79 Å². The van der Waals surface area contributed by atoms with Crippen LogP contribution in [0.2, 0.25) is 0 Å². The van der Waals surface area contributed by atoms with E-state index in [4.69, 9.17) is 14.7 Å². The summed E-state index contributed by atoms with van der Waals surface area (Å²) in [6.07, 6.45) is 2.70. The van der Waals surface area contributed by atoms with E-state index < -0.39 is 0 Å². The standard InChI is InChI=1S/C22H26N4O2S/c1-28-15-14-26(13-10-20(27)25-11-4-5-12-25)22-17-7-2-3-8-18(17)23-21(24-22)19-9-6-16-29-19/h2-3,6-9,16H,4-5,10-15H2,1H3. The summed E-state index contributed by atoms with van der Waals surface area (Å²) in [7, 11) is 1.70. The lowest BCUT2D eigenvalue weighted by Gasteiger charge is -2.26. The van der Waals surface area contributed by atoms with E-state index >= 15 is 0 Å². The topological polar surface area (TPSA) is 58.6 Å². The fourth-order valence-corrected chi connectivity index (χ4v) is 4.35. The second-order valence-electron chi connectivity index (χ2n) is 7.18. The molecule has 4 rings (SSSR count). The van der Waals surface area contributed by atoms with Crippen LogP contribution in [-0.4, -0.2) is 60.7 Å². The number of benzene rings is 1. The number of nitrogens with zero attached hydrogens (tertiary/aromatic N) is 4. The lowest BCUT2D eigenvalue weighted by atomic mass is 10.2. The van der Waals surface area contributed by atoms with Crippen LogP contribution in [0, 0.1) is 0 Å². The van der Waals surface area contributed by atoms with E-state index in [0.717, 1.165) is 53.4 Å². The number of thiophene rings is 1. The molecule has 0 saturated carbocycles. The molecule has 7 heteroatoms. The zero-order valence-corrected chi connectivity index (χ0v) is 17.5. The molecule has 29 heavy (non-hydrogen) atoms. The molecule has 0 atom stereocenters. The summed E-state index contributed by atoms with van der Waals surface area (Å²) in [5.41, 5.74) is 0.911. The number of likely N-dealkylation sites (tertiary alicyclic amines) is 1. The summed E-state index contributed by atoms with van der Waals surface area (Å²) in [4.78, 5) is 27.5. The van der Waals surface area contributed by atoms with Crippen LogP contribution in [0.3, 0.4) is 0 Å². The second-order valence-corrected chi connectivity index (χ2v) is 8.13. The lowest BCUT2D eigenvalue weighted by Crippen LogP contribution is -2.35. The van der Waals surface area contributed by atoms with Crippen molar-refractivity contribution in [2.75, 3.05) is 44.8 Å². The molecule has 0 radical (unpaired) electrons. The number of aromatic nitrogens is 2. The van der Waals surface area contributed by atoms with Crippen molar-refractivity contribution in [3.63, 3.8) is 0 Å². The van der Waals surface area contributed by atoms with Crippen molar-refractivity contribution >= 4 is 34.0 Å². The highest BCUT2D eigenvalue weighted by molar-refractivity contribution is 7.13. The van der Waals surface area contributed by atoms with E-state index in [-0.39, 0.29) is 5.91 Å². The minimum Gasteiger partial charge on any atom is -0.383 e. The highest BCUT2D eigenvalue weighted by Crippen LogP contribution is 2.29. The van der Waals surface area contributed by atoms with Gasteiger partial charge in [-0.3, -0.25) is 4.79 Å². The molecule has 0 N–H and O–H groups in total. The largest absolute Gasteiger partial charge is 0.383 e. The number of carbonyl (C=O) groups excluding carboxylic acids is 1. The monoisotopic (exact) mass is 410 g/mol. The van der Waals surface area contributed by atoms with Gasteiger partial charge in [0.15, 0.2) is 5.82 Å². The Morgan fingerprint density at radius 2 is 1.97 bits per heavy atom. The van der Waals surface area contributed by atoms with Crippen LogP contribution >= 0.6 is 11.3 Å². The molecule has 6 nitrogen and oxygen atoms in total. The van der Waals surface area contributed by atoms with Gasteiger partial charge in [-0.05, 0) is 36.4 Å². The molecule has 1 aliphatic heterocycles. The van der Waals surface area contributed by atoms with E-state index in [2.05, 4.69) is 4.90 Å². The predicted molar refractivity (Wildman–Crippen MR) is 117 cm³/mol. The third-order valence-corrected chi connectivity index (χ3v) is 6.11. The average molecular weight is 411 g/mol. The number of carbonyl (C=O) groups is 1. The molecule has 1 fully saturated rings. The van der Waals surface area contributed by atoms with E-state index in [0.29, 0.717) is 26.1 Å². The molecular formula is C22H26N4O2S. The SMILES string of the molecule is COCCN(CCC(=O)N1CCCC1)c1nc(-c2cccs2)nc2ccccc12. The van der Waals surface area contributed by atoms with Crippen LogP contribution in [0.5, 0.6) is 0 Å². The minimum atomic E-state index is 0.224. The van der Waals surface area contributed by atoms with Crippen molar-refractivity contribution in [2.45, 2.75) is 19.3 Å². The number of fused-ring (bicyclic) bond motifs is 1. The van der Waals surface area contributed by atoms with Crippen molar-refractivity contribution < 1.29 is 9.53 Å². The van der Waals surface area contributed by atoms with Gasteiger partial charge < -0.3 is 14.5 Å². The van der Waals surface area contributed by atoms with Gasteiger partial charge in [0.05, 0.1) is 17.0 Å². The highest BCUT2D eigenvalue weighted by Gasteiger charge is 2.21. The fourth-order valence-electron chi connectivity index (χ4n) is 3.70. The maximum Gasteiger partial charge on any atom is 0.224 e. The molecule has 152 valence electrons. The van der Waals surface area contributed by atoms with E-state index in [1.165, 1.54) is 0 Å². The predicted octanol–water partition coefficient (Wildman–Crippen LogP) is 3.82. The molecule has 0 aliphatic carbocycles. The first-order chi connectivity index (χ1) is 14.3. The summed E-state index contributed by atoms with van der Waals surface area (Å²) in [5.74, 6) is 1.81. The Hall–Kier alpha value is -2.51. The molecule has 1 aromatic carbocycles. The molecule has 1 aliphatic rings. The van der Waals surface area contributed by atoms with Crippen LogP contribution in [-0.2, 0) is 9.53 Å². The number of methoxy groups -OCH3 is 1. The number of hydrogen-bond donors (Lipinski definition) is 0. The Balaban J connectivity index is 1.65. The molecule has 2 aromatic heterocycles. The summed E-state index contributed by atoms with van der Waals surface area (Å²) >= 11 is 1.63. The van der Waals surface area contributed by atoms with Gasteiger partial charge in [-0.2, -0.15) is 0 Å². The first-order valence-electron chi connectivity index (χ1n) is 10.1. The summed E-state index contributed by atoms with van der Waals surface area (Å²) < 4.78 is 5.34. The van der Waals surface area contributed by atoms with Crippen molar-refractivity contribution in [3.8, 4) is 10.7 Å². The average Bonchev–Trinajstić information content (AvgIpc) is 3.47. The van der Waals surface area contributed by atoms with Gasteiger partial charge in [0.25, 0.3) is 0 Å². The zero-order valence-electron chi connectivity index (χ0n) is 16.7.